The van der Waals surface area contributed by atoms with Crippen molar-refractivity contribution in [1.82, 2.24) is 15.1 Å². The fraction of sp³-hybridized carbons (Fsp3) is 0.556. The maximum absolute atomic E-state index is 11.9. The highest BCUT2D eigenvalue weighted by atomic mass is 16.2. The van der Waals surface area contributed by atoms with E-state index in [4.69, 9.17) is 0 Å². The van der Waals surface area contributed by atoms with Gasteiger partial charge in [-0.15, -0.1) is 0 Å². The van der Waals surface area contributed by atoms with Crippen molar-refractivity contribution in [3.63, 3.8) is 0 Å². The second kappa shape index (κ2) is 10.0. The van der Waals surface area contributed by atoms with Crippen LogP contribution in [0, 0.1) is 6.92 Å². The minimum absolute atomic E-state index is 0.000195. The van der Waals surface area contributed by atoms with Crippen LogP contribution < -0.4 is 5.32 Å². The number of benzene rings is 1. The summed E-state index contributed by atoms with van der Waals surface area (Å²) in [5, 5.41) is 2.90. The Balaban J connectivity index is 2.40. The first-order valence-corrected chi connectivity index (χ1v) is 8.11. The van der Waals surface area contributed by atoms with Gasteiger partial charge in [0.1, 0.15) is 0 Å². The molecule has 0 unspecified atom stereocenters. The monoisotopic (exact) mass is 319 g/mol. The molecule has 0 fully saturated rings. The van der Waals surface area contributed by atoms with E-state index in [1.807, 2.05) is 45.3 Å². The first-order valence-electron chi connectivity index (χ1n) is 8.11. The lowest BCUT2D eigenvalue weighted by molar-refractivity contribution is -0.130. The van der Waals surface area contributed by atoms with E-state index in [1.165, 1.54) is 0 Å². The minimum Gasteiger partial charge on any atom is -0.356 e. The molecule has 128 valence electrons. The first-order chi connectivity index (χ1) is 10.9. The molecule has 1 aromatic carbocycles. The Hall–Kier alpha value is -1.88. The largest absolute Gasteiger partial charge is 0.356 e. The highest BCUT2D eigenvalue weighted by Gasteiger charge is 2.12. The van der Waals surface area contributed by atoms with Gasteiger partial charge in [-0.1, -0.05) is 24.3 Å². The zero-order chi connectivity index (χ0) is 17.2. The topological polar surface area (TPSA) is 52.7 Å². The van der Waals surface area contributed by atoms with Gasteiger partial charge in [0.05, 0.1) is 0 Å². The molecule has 1 N–H and O–H groups in total. The van der Waals surface area contributed by atoms with E-state index in [0.29, 0.717) is 26.1 Å². The summed E-state index contributed by atoms with van der Waals surface area (Å²) < 4.78 is 0. The van der Waals surface area contributed by atoms with Crippen molar-refractivity contribution in [3.8, 4) is 0 Å². The number of nitrogens with zero attached hydrogens (tertiary/aromatic N) is 2. The van der Waals surface area contributed by atoms with Crippen molar-refractivity contribution in [2.45, 2.75) is 33.2 Å². The van der Waals surface area contributed by atoms with Crippen LogP contribution >= 0.6 is 0 Å². The van der Waals surface area contributed by atoms with Crippen LogP contribution in [0.4, 0.5) is 0 Å². The normalized spacial score (nSPS) is 10.7. The van der Waals surface area contributed by atoms with E-state index >= 15 is 0 Å². The zero-order valence-corrected chi connectivity index (χ0v) is 14.8. The van der Waals surface area contributed by atoms with Gasteiger partial charge in [-0.25, -0.2) is 0 Å². The number of nitrogens with one attached hydrogen (secondary N) is 1. The zero-order valence-electron chi connectivity index (χ0n) is 14.8. The maximum atomic E-state index is 11.9. The molecule has 0 aliphatic rings. The summed E-state index contributed by atoms with van der Waals surface area (Å²) in [4.78, 5) is 27.5. The van der Waals surface area contributed by atoms with Crippen LogP contribution in [-0.4, -0.2) is 55.3 Å². The lowest BCUT2D eigenvalue weighted by Crippen LogP contribution is -2.34. The predicted octanol–water partition coefficient (Wildman–Crippen LogP) is 1.80. The summed E-state index contributed by atoms with van der Waals surface area (Å²) >= 11 is 0. The van der Waals surface area contributed by atoms with Crippen LogP contribution in [0.2, 0.25) is 0 Å². The number of aryl methyl sites for hydroxylation is 1. The first kappa shape index (κ1) is 19.2. The molecular weight excluding hydrogens is 290 g/mol. The van der Waals surface area contributed by atoms with E-state index in [2.05, 4.69) is 10.2 Å². The van der Waals surface area contributed by atoms with Gasteiger partial charge >= 0.3 is 0 Å². The van der Waals surface area contributed by atoms with Crippen LogP contribution in [0.3, 0.4) is 0 Å². The van der Waals surface area contributed by atoms with Crippen LogP contribution in [0.1, 0.15) is 30.9 Å². The van der Waals surface area contributed by atoms with E-state index < -0.39 is 0 Å². The standard InChI is InChI=1S/C18H29N3O2/c1-15-8-5-6-9-17(15)14-21(16(2)22)13-10-18(23)19-11-7-12-20(3)4/h5-6,8-9H,7,10-14H2,1-4H3,(H,19,23). The molecule has 0 saturated heterocycles. The summed E-state index contributed by atoms with van der Waals surface area (Å²) in [5.74, 6) is -0.00606. The highest BCUT2D eigenvalue weighted by Crippen LogP contribution is 2.11. The SMILES string of the molecule is CC(=O)N(CCC(=O)NCCCN(C)C)Cc1ccccc1C. The second-order valence-electron chi connectivity index (χ2n) is 6.12. The molecule has 0 heterocycles. The number of amides is 2. The Labute approximate surface area is 139 Å². The molecule has 1 rings (SSSR count). The van der Waals surface area contributed by atoms with Crippen molar-refractivity contribution < 1.29 is 9.59 Å². The molecule has 5 nitrogen and oxygen atoms in total. The maximum Gasteiger partial charge on any atom is 0.221 e. The van der Waals surface area contributed by atoms with E-state index in [1.54, 1.807) is 11.8 Å². The molecule has 1 aromatic rings. The summed E-state index contributed by atoms with van der Waals surface area (Å²) in [6.07, 6.45) is 1.27. The van der Waals surface area contributed by atoms with Gasteiger partial charge in [-0.2, -0.15) is 0 Å². The van der Waals surface area contributed by atoms with Crippen molar-refractivity contribution in [3.05, 3.63) is 35.4 Å². The molecule has 23 heavy (non-hydrogen) atoms. The van der Waals surface area contributed by atoms with E-state index in [9.17, 15) is 9.59 Å². The van der Waals surface area contributed by atoms with Crippen LogP contribution in [0.25, 0.3) is 0 Å². The molecule has 0 aromatic heterocycles. The number of carbonyl (C=O) groups is 2. The van der Waals surface area contributed by atoms with E-state index in [0.717, 1.165) is 24.1 Å². The molecule has 5 heteroatoms. The van der Waals surface area contributed by atoms with Crippen molar-refractivity contribution in [2.24, 2.45) is 0 Å². The average molecular weight is 319 g/mol. The molecule has 0 aliphatic heterocycles. The third kappa shape index (κ3) is 7.79. The summed E-state index contributed by atoms with van der Waals surface area (Å²) in [6, 6.07) is 8.01. The van der Waals surface area contributed by atoms with Gasteiger partial charge in [0.15, 0.2) is 0 Å². The van der Waals surface area contributed by atoms with Crippen LogP contribution in [0.15, 0.2) is 24.3 Å². The minimum atomic E-state index is -0.00587. The van der Waals surface area contributed by atoms with Crippen molar-refractivity contribution >= 4 is 11.8 Å². The molecule has 0 aliphatic carbocycles. The van der Waals surface area contributed by atoms with Crippen LogP contribution in [0.5, 0.6) is 0 Å². The Morgan fingerprint density at radius 3 is 2.43 bits per heavy atom. The van der Waals surface area contributed by atoms with Crippen molar-refractivity contribution in [2.75, 3.05) is 33.7 Å². The Morgan fingerprint density at radius 1 is 1.13 bits per heavy atom. The second-order valence-corrected chi connectivity index (χ2v) is 6.12. The molecule has 0 atom stereocenters. The number of carbonyl (C=O) groups excluding carboxylic acids is 2. The number of hydrogen-bond donors (Lipinski definition) is 1. The summed E-state index contributed by atoms with van der Waals surface area (Å²) in [5.41, 5.74) is 2.28. The molecule has 0 spiro atoms. The molecule has 0 bridgehead atoms. The molecule has 0 saturated carbocycles. The van der Waals surface area contributed by atoms with E-state index in [-0.39, 0.29) is 11.8 Å². The van der Waals surface area contributed by atoms with Crippen LogP contribution in [-0.2, 0) is 16.1 Å². The average Bonchev–Trinajstić information content (AvgIpc) is 2.49. The Morgan fingerprint density at radius 2 is 1.83 bits per heavy atom. The smallest absolute Gasteiger partial charge is 0.221 e. The lowest BCUT2D eigenvalue weighted by Gasteiger charge is -2.22. The Bertz CT molecular complexity index is 515. The van der Waals surface area contributed by atoms with Gasteiger partial charge in [-0.3, -0.25) is 9.59 Å². The van der Waals surface area contributed by atoms with Gasteiger partial charge in [0.25, 0.3) is 0 Å². The fourth-order valence-electron chi connectivity index (χ4n) is 2.29. The molecule has 2 amide bonds. The fourth-order valence-corrected chi connectivity index (χ4v) is 2.29. The number of hydrogen-bond acceptors (Lipinski definition) is 3. The van der Waals surface area contributed by atoms with Gasteiger partial charge < -0.3 is 15.1 Å². The van der Waals surface area contributed by atoms with Crippen molar-refractivity contribution in [1.29, 1.82) is 0 Å². The molecule has 0 radical (unpaired) electrons. The van der Waals surface area contributed by atoms with Gasteiger partial charge in [-0.05, 0) is 45.1 Å². The predicted molar refractivity (Wildman–Crippen MR) is 93.1 cm³/mol. The van der Waals surface area contributed by atoms with Gasteiger partial charge in [0, 0.05) is 33.0 Å². The third-order valence-corrected chi connectivity index (χ3v) is 3.78. The Kier molecular flexibility index (Phi) is 8.33. The highest BCUT2D eigenvalue weighted by molar-refractivity contribution is 5.78. The summed E-state index contributed by atoms with van der Waals surface area (Å²) in [6.45, 7) is 6.21. The van der Waals surface area contributed by atoms with Gasteiger partial charge in [0.2, 0.25) is 11.8 Å². The quantitative estimate of drug-likeness (QED) is 0.706. The third-order valence-electron chi connectivity index (χ3n) is 3.78. The lowest BCUT2D eigenvalue weighted by atomic mass is 10.1. The summed E-state index contributed by atoms with van der Waals surface area (Å²) in [7, 11) is 4.02. The number of rotatable bonds is 9. The molecular formula is C18H29N3O2.